The van der Waals surface area contributed by atoms with Crippen molar-refractivity contribution in [2.45, 2.75) is 45.3 Å². The molecule has 0 unspecified atom stereocenters. The Morgan fingerprint density at radius 1 is 1.17 bits per heavy atom. The van der Waals surface area contributed by atoms with Gasteiger partial charge in [0, 0.05) is 12.6 Å². The van der Waals surface area contributed by atoms with Crippen LogP contribution in [-0.4, -0.2) is 39.1 Å². The monoisotopic (exact) mass is 328 g/mol. The summed E-state index contributed by atoms with van der Waals surface area (Å²) in [7, 11) is -0.676. The van der Waals surface area contributed by atoms with Crippen molar-refractivity contribution in [3.8, 4) is 0 Å². The molecule has 0 radical (unpaired) electrons. The van der Waals surface area contributed by atoms with Gasteiger partial charge in [-0.1, -0.05) is 30.3 Å². The molecule has 1 aliphatic rings. The Morgan fingerprint density at radius 2 is 1.75 bits per heavy atom. The summed E-state index contributed by atoms with van der Waals surface area (Å²) >= 11 is 0. The molecule has 0 saturated carbocycles. The topological polar surface area (TPSA) is 73.6 Å². The second-order valence-electron chi connectivity index (χ2n) is 6.99. The zero-order chi connectivity index (χ0) is 17.5. The summed E-state index contributed by atoms with van der Waals surface area (Å²) in [4.78, 5) is 16.0. The number of hydrogen-bond acceptors (Lipinski definition) is 4. The van der Waals surface area contributed by atoms with Gasteiger partial charge in [0.1, 0.15) is 5.82 Å². The van der Waals surface area contributed by atoms with Crippen molar-refractivity contribution in [3.63, 3.8) is 0 Å². The highest BCUT2D eigenvalue weighted by atomic mass is 16.7. The Morgan fingerprint density at radius 3 is 2.29 bits per heavy atom. The van der Waals surface area contributed by atoms with Gasteiger partial charge in [0.25, 0.3) is 0 Å². The molecule has 1 aromatic carbocycles. The van der Waals surface area contributed by atoms with Crippen LogP contribution in [0.5, 0.6) is 0 Å². The summed E-state index contributed by atoms with van der Waals surface area (Å²) < 4.78 is 13.0. The van der Waals surface area contributed by atoms with Crippen molar-refractivity contribution in [1.82, 2.24) is 9.55 Å². The van der Waals surface area contributed by atoms with Gasteiger partial charge in [-0.05, 0) is 33.3 Å². The molecule has 126 valence electrons. The smallest absolute Gasteiger partial charge is 0.464 e. The fourth-order valence-electron chi connectivity index (χ4n) is 2.58. The van der Waals surface area contributed by atoms with Crippen LogP contribution in [0.2, 0.25) is 0 Å². The van der Waals surface area contributed by atoms with Crippen LogP contribution in [0.4, 0.5) is 4.79 Å². The molecule has 0 aliphatic carbocycles. The number of imidazole rings is 1. The number of carbonyl (C=O) groups is 1. The highest BCUT2D eigenvalue weighted by Crippen LogP contribution is 2.36. The lowest BCUT2D eigenvalue weighted by Gasteiger charge is -2.32. The van der Waals surface area contributed by atoms with Crippen LogP contribution < -0.4 is 5.59 Å². The lowest BCUT2D eigenvalue weighted by Crippen LogP contribution is -2.41. The fourth-order valence-corrected chi connectivity index (χ4v) is 2.58. The van der Waals surface area contributed by atoms with Crippen LogP contribution >= 0.6 is 0 Å². The zero-order valence-electron chi connectivity index (χ0n) is 14.3. The molecule has 1 saturated heterocycles. The van der Waals surface area contributed by atoms with Gasteiger partial charge in [0.15, 0.2) is 0 Å². The quantitative estimate of drug-likeness (QED) is 0.875. The molecule has 1 aromatic heterocycles. The summed E-state index contributed by atoms with van der Waals surface area (Å²) in [6, 6.07) is 9.63. The number of rotatable bonds is 3. The van der Waals surface area contributed by atoms with E-state index in [4.69, 9.17) is 9.31 Å². The number of carboxylic acid groups (broad SMARTS) is 1. The molecular weight excluding hydrogens is 307 g/mol. The molecule has 6 nitrogen and oxygen atoms in total. The van der Waals surface area contributed by atoms with Crippen molar-refractivity contribution < 1.29 is 19.2 Å². The first-order valence-electron chi connectivity index (χ1n) is 7.91. The Bertz CT molecular complexity index is 739. The first-order valence-corrected chi connectivity index (χ1v) is 7.91. The molecule has 0 bridgehead atoms. The normalized spacial score (nSPS) is 18.8. The average Bonchev–Trinajstić information content (AvgIpc) is 2.99. The summed E-state index contributed by atoms with van der Waals surface area (Å²) in [5.41, 5.74) is 0.474. The van der Waals surface area contributed by atoms with E-state index in [0.717, 1.165) is 10.1 Å². The van der Waals surface area contributed by atoms with Crippen LogP contribution in [0.25, 0.3) is 0 Å². The van der Waals surface area contributed by atoms with Crippen LogP contribution in [0, 0.1) is 0 Å². The van der Waals surface area contributed by atoms with E-state index in [1.807, 2.05) is 58.0 Å². The highest BCUT2D eigenvalue weighted by molar-refractivity contribution is 6.61. The Labute approximate surface area is 141 Å². The van der Waals surface area contributed by atoms with E-state index in [1.165, 1.54) is 6.20 Å². The van der Waals surface area contributed by atoms with Crippen molar-refractivity contribution in [2.24, 2.45) is 0 Å². The van der Waals surface area contributed by atoms with Crippen LogP contribution in [0.1, 0.15) is 39.1 Å². The third-order valence-corrected chi connectivity index (χ3v) is 4.70. The Hall–Kier alpha value is -2.12. The SMILES string of the molecule is CC1(C)OB(c2cn(C(=O)O)c(Cc3ccccc3)n2)OC1(C)C. The maximum absolute atomic E-state index is 11.5. The molecular formula is C17H21BN2O4. The van der Waals surface area contributed by atoms with E-state index in [2.05, 4.69) is 4.98 Å². The summed E-state index contributed by atoms with van der Waals surface area (Å²) in [6.07, 6.45) is 0.825. The predicted octanol–water partition coefficient (Wildman–Crippen LogP) is 2.30. The Kier molecular flexibility index (Phi) is 4.01. The number of benzene rings is 1. The molecule has 1 fully saturated rings. The maximum atomic E-state index is 11.5. The number of aromatic nitrogens is 2. The maximum Gasteiger partial charge on any atom is 0.516 e. The first-order chi connectivity index (χ1) is 11.2. The van der Waals surface area contributed by atoms with E-state index in [9.17, 15) is 9.90 Å². The molecule has 0 atom stereocenters. The lowest BCUT2D eigenvalue weighted by molar-refractivity contribution is 0.00578. The average molecular weight is 328 g/mol. The standard InChI is InChI=1S/C17H21BN2O4/c1-16(2)17(3,4)24-18(23-16)13-11-20(15(21)22)14(19-13)10-12-8-6-5-7-9-12/h5-9,11H,10H2,1-4H3,(H,21,22). The molecule has 24 heavy (non-hydrogen) atoms. The predicted molar refractivity (Wildman–Crippen MR) is 90.6 cm³/mol. The number of hydrogen-bond donors (Lipinski definition) is 1. The molecule has 2 heterocycles. The van der Waals surface area contributed by atoms with Gasteiger partial charge in [-0.3, -0.25) is 0 Å². The minimum Gasteiger partial charge on any atom is -0.464 e. The van der Waals surface area contributed by atoms with Gasteiger partial charge in [0.2, 0.25) is 0 Å². The second-order valence-corrected chi connectivity index (χ2v) is 6.99. The van der Waals surface area contributed by atoms with Crippen LogP contribution in [0.15, 0.2) is 36.5 Å². The van der Waals surface area contributed by atoms with Gasteiger partial charge < -0.3 is 14.4 Å². The van der Waals surface area contributed by atoms with E-state index in [1.54, 1.807) is 0 Å². The van der Waals surface area contributed by atoms with E-state index < -0.39 is 24.4 Å². The van der Waals surface area contributed by atoms with Gasteiger partial charge in [-0.15, -0.1) is 0 Å². The van der Waals surface area contributed by atoms with Crippen LogP contribution in [0.3, 0.4) is 0 Å². The van der Waals surface area contributed by atoms with Crippen molar-refractivity contribution in [1.29, 1.82) is 0 Å². The Balaban J connectivity index is 1.91. The zero-order valence-corrected chi connectivity index (χ0v) is 14.3. The first kappa shape index (κ1) is 16.7. The van der Waals surface area contributed by atoms with Crippen molar-refractivity contribution in [2.75, 3.05) is 0 Å². The van der Waals surface area contributed by atoms with E-state index in [-0.39, 0.29) is 0 Å². The molecule has 2 aromatic rings. The molecule has 0 amide bonds. The fraction of sp³-hybridized carbons (Fsp3) is 0.412. The van der Waals surface area contributed by atoms with E-state index >= 15 is 0 Å². The summed E-state index contributed by atoms with van der Waals surface area (Å²) in [5, 5.41) is 9.45. The molecule has 0 spiro atoms. The molecule has 7 heteroatoms. The third kappa shape index (κ3) is 2.97. The minimum atomic E-state index is -1.07. The second kappa shape index (κ2) is 5.75. The highest BCUT2D eigenvalue weighted by Gasteiger charge is 2.52. The van der Waals surface area contributed by atoms with Gasteiger partial charge in [0.05, 0.1) is 16.8 Å². The molecule has 1 N–H and O–H groups in total. The minimum absolute atomic E-state index is 0.423. The summed E-state index contributed by atoms with van der Waals surface area (Å²) in [5.74, 6) is 0.443. The largest absolute Gasteiger partial charge is 0.516 e. The van der Waals surface area contributed by atoms with E-state index in [0.29, 0.717) is 17.8 Å². The third-order valence-electron chi connectivity index (χ3n) is 4.70. The lowest BCUT2D eigenvalue weighted by atomic mass is 9.86. The van der Waals surface area contributed by atoms with Crippen molar-refractivity contribution >= 4 is 18.8 Å². The summed E-state index contributed by atoms with van der Waals surface area (Å²) in [6.45, 7) is 7.80. The van der Waals surface area contributed by atoms with Gasteiger partial charge in [-0.25, -0.2) is 14.3 Å². The molecule has 1 aliphatic heterocycles. The van der Waals surface area contributed by atoms with Gasteiger partial charge >= 0.3 is 13.2 Å². The van der Waals surface area contributed by atoms with Crippen LogP contribution in [-0.2, 0) is 15.7 Å². The molecule has 3 rings (SSSR count). The van der Waals surface area contributed by atoms with Gasteiger partial charge in [-0.2, -0.15) is 0 Å². The van der Waals surface area contributed by atoms with Crippen molar-refractivity contribution in [3.05, 3.63) is 47.9 Å². The number of nitrogens with zero attached hydrogens (tertiary/aromatic N) is 2.